The van der Waals surface area contributed by atoms with E-state index in [0.717, 1.165) is 32.4 Å². The predicted molar refractivity (Wildman–Crippen MR) is 118 cm³/mol. The van der Waals surface area contributed by atoms with E-state index >= 15 is 0 Å². The average molecular weight is 671 g/mol. The molecule has 1 aromatic carbocycles. The maximum absolute atomic E-state index is 12.4. The second kappa shape index (κ2) is 13.3. The van der Waals surface area contributed by atoms with Gasteiger partial charge in [0, 0.05) is 62.4 Å². The van der Waals surface area contributed by atoms with E-state index in [0.29, 0.717) is 17.5 Å². The molecular weight excluding hydrogens is 637 g/mol. The molecule has 7 heteroatoms. The van der Waals surface area contributed by atoms with E-state index in [4.69, 9.17) is 9.47 Å². The summed E-state index contributed by atoms with van der Waals surface area (Å²) in [5.41, 5.74) is 4.63. The largest absolute Gasteiger partial charge is 2.00 e. The molecule has 1 saturated heterocycles. The number of rotatable bonds is 4. The molecule has 1 fully saturated rings. The Hall–Kier alpha value is -0.478. The van der Waals surface area contributed by atoms with Crippen molar-refractivity contribution in [2.45, 2.75) is 32.2 Å². The second-order valence-corrected chi connectivity index (χ2v) is 7.63. The van der Waals surface area contributed by atoms with Gasteiger partial charge in [0.2, 0.25) is 0 Å². The van der Waals surface area contributed by atoms with Gasteiger partial charge >= 0.3 is 27.0 Å². The van der Waals surface area contributed by atoms with E-state index in [1.165, 1.54) is 29.3 Å². The maximum Gasteiger partial charge on any atom is 2.00 e. The van der Waals surface area contributed by atoms with Crippen LogP contribution in [0, 0.1) is 26.7 Å². The summed E-state index contributed by atoms with van der Waals surface area (Å²) in [6, 6.07) is 8.85. The molecule has 1 aromatic heterocycles. The number of aromatic nitrogens is 1. The van der Waals surface area contributed by atoms with Crippen LogP contribution in [0.3, 0.4) is 0 Å². The van der Waals surface area contributed by atoms with Crippen molar-refractivity contribution in [3.05, 3.63) is 62.2 Å². The molecule has 0 saturated carbocycles. The topological polar surface area (TPSA) is 54.6 Å². The van der Waals surface area contributed by atoms with Crippen LogP contribution in [0.1, 0.15) is 37.1 Å². The quantitative estimate of drug-likeness (QED) is 0.222. The van der Waals surface area contributed by atoms with Crippen molar-refractivity contribution in [3.8, 4) is 0 Å². The number of hydrogen-bond acceptors (Lipinski definition) is 4. The van der Waals surface area contributed by atoms with Crippen LogP contribution in [0.2, 0.25) is 0 Å². The first-order valence-corrected chi connectivity index (χ1v) is 9.82. The first kappa shape index (κ1) is 30.5. The summed E-state index contributed by atoms with van der Waals surface area (Å²) in [4.78, 5) is 18.7. The molecule has 0 aliphatic carbocycles. The number of nitrogens with one attached hydrogen (secondary N) is 1. The third-order valence-corrected chi connectivity index (χ3v) is 6.37. The van der Waals surface area contributed by atoms with Gasteiger partial charge in [-0.3, -0.25) is 4.90 Å². The minimum absolute atomic E-state index is 0. The summed E-state index contributed by atoms with van der Waals surface area (Å²) in [5, 5.41) is 1.34. The third kappa shape index (κ3) is 5.72. The van der Waals surface area contributed by atoms with Gasteiger partial charge in [-0.2, -0.15) is 0 Å². The van der Waals surface area contributed by atoms with E-state index in [1.54, 1.807) is 13.4 Å². The minimum atomic E-state index is -0.276. The van der Waals surface area contributed by atoms with Crippen LogP contribution in [0.5, 0.6) is 0 Å². The van der Waals surface area contributed by atoms with Crippen LogP contribution in [0.15, 0.2) is 36.1 Å². The molecule has 1 N–H and O–H groups in total. The van der Waals surface area contributed by atoms with Crippen molar-refractivity contribution < 1.29 is 68.0 Å². The first-order chi connectivity index (χ1) is 13.2. The number of benzene rings is 1. The van der Waals surface area contributed by atoms with Gasteiger partial charge in [-0.25, -0.2) is 4.79 Å². The van der Waals surface area contributed by atoms with Crippen molar-refractivity contribution in [3.63, 3.8) is 0 Å². The van der Waals surface area contributed by atoms with Crippen molar-refractivity contribution in [1.82, 2.24) is 9.88 Å². The molecule has 0 amide bonds. The number of H-pyrrole nitrogens is 1. The second-order valence-electron chi connectivity index (χ2n) is 7.63. The van der Waals surface area contributed by atoms with Crippen LogP contribution in [0.25, 0.3) is 10.9 Å². The normalized spacial score (nSPS) is 22.4. The molecule has 4 rings (SSSR count). The average Bonchev–Trinajstić information content (AvgIpc) is 3.09. The number of esters is 1. The Bertz CT molecular complexity index is 883. The summed E-state index contributed by atoms with van der Waals surface area (Å²) in [6.45, 7) is 4.28. The van der Waals surface area contributed by atoms with Crippen LogP contribution < -0.4 is 0 Å². The fourth-order valence-electron chi connectivity index (χ4n) is 5.04. The molecule has 2 aliphatic rings. The van der Waals surface area contributed by atoms with Gasteiger partial charge in [0.05, 0.1) is 32.1 Å². The number of methoxy groups -OCH3 is 2. The Labute approximate surface area is 226 Å². The molecule has 31 heavy (non-hydrogen) atoms. The molecule has 3 atom stereocenters. The molecule has 5 nitrogen and oxygen atoms in total. The zero-order valence-corrected chi connectivity index (χ0v) is 25.1. The van der Waals surface area contributed by atoms with Gasteiger partial charge in [-0.05, 0) is 36.3 Å². The van der Waals surface area contributed by atoms with Crippen molar-refractivity contribution in [2.24, 2.45) is 11.8 Å². The fourth-order valence-corrected chi connectivity index (χ4v) is 5.04. The maximum atomic E-state index is 12.4. The van der Waals surface area contributed by atoms with Gasteiger partial charge in [0.25, 0.3) is 0 Å². The Balaban J connectivity index is 0.00000225. The monoisotopic (exact) mass is 671 g/mol. The van der Waals surface area contributed by atoms with Gasteiger partial charge in [-0.15, -0.1) is 0 Å². The summed E-state index contributed by atoms with van der Waals surface area (Å²) in [6.07, 6.45) is 4.60. The standard InChI is InChI=1S/C22H28N2O3.2CH3.W.Y/c1-4-14-12-24-10-9-16-15-7-5-6-8-19(15)23-21(16)20(24)11-17(14)18(13-26-2)22(25)27-3;;;;/h5-8,13-14,17,20,23H,4,9-12H2,1-3H3;2*1H3;;/q;2*-1;+2;/b18-13+;;;;. The Morgan fingerprint density at radius 2 is 1.97 bits per heavy atom. The number of fused-ring (bicyclic) bond motifs is 5. The summed E-state index contributed by atoms with van der Waals surface area (Å²) >= 11 is 0. The Kier molecular flexibility index (Phi) is 13.1. The molecule has 3 unspecified atom stereocenters. The molecule has 0 spiro atoms. The van der Waals surface area contributed by atoms with Crippen molar-refractivity contribution >= 4 is 16.9 Å². The molecule has 3 heterocycles. The molecule has 2 aromatic rings. The summed E-state index contributed by atoms with van der Waals surface area (Å²) < 4.78 is 10.3. The molecule has 167 valence electrons. The molecule has 0 bridgehead atoms. The van der Waals surface area contributed by atoms with Crippen molar-refractivity contribution in [2.75, 3.05) is 27.3 Å². The predicted octanol–water partition coefficient (Wildman–Crippen LogP) is 4.71. The van der Waals surface area contributed by atoms with Crippen molar-refractivity contribution in [1.29, 1.82) is 0 Å². The van der Waals surface area contributed by atoms with Gasteiger partial charge < -0.3 is 29.3 Å². The Morgan fingerprint density at radius 3 is 2.61 bits per heavy atom. The van der Waals surface area contributed by atoms with Crippen LogP contribution >= 0.6 is 0 Å². The van der Waals surface area contributed by atoms with E-state index in [2.05, 4.69) is 41.1 Å². The molecule has 2 aliphatic heterocycles. The Morgan fingerprint density at radius 1 is 1.26 bits per heavy atom. The van der Waals surface area contributed by atoms with E-state index < -0.39 is 0 Å². The number of aromatic amines is 1. The molecule has 1 radical (unpaired) electrons. The SMILES string of the molecule is CCC1CN2CCc3c([nH]c4ccccc34)C2CC1/C(=C\OC)C(=O)OC.[CH3-].[CH3-].[W+2].[Y]. The summed E-state index contributed by atoms with van der Waals surface area (Å²) in [5.74, 6) is 0.287. The van der Waals surface area contributed by atoms with E-state index in [9.17, 15) is 4.79 Å². The smallest absolute Gasteiger partial charge is 0.504 e. The zero-order valence-electron chi connectivity index (χ0n) is 19.3. The number of nitrogens with zero attached hydrogens (tertiary/aromatic N) is 1. The van der Waals surface area contributed by atoms with Gasteiger partial charge in [0.1, 0.15) is 0 Å². The first-order valence-electron chi connectivity index (χ1n) is 9.82. The number of piperidine rings is 1. The van der Waals surface area contributed by atoms with Crippen LogP contribution in [-0.2, 0) is 74.5 Å². The third-order valence-electron chi connectivity index (χ3n) is 6.37. The number of hydrogen-bond donors (Lipinski definition) is 1. The van der Waals surface area contributed by atoms with Gasteiger partial charge in [-0.1, -0.05) is 31.5 Å². The molecular formula is C24H34N2O3WY. The number of ether oxygens (including phenoxy) is 2. The summed E-state index contributed by atoms with van der Waals surface area (Å²) in [7, 11) is 3.04. The number of carbonyl (C=O) groups is 1. The number of carbonyl (C=O) groups excluding carboxylic acids is 1. The van der Waals surface area contributed by atoms with E-state index in [1.807, 2.05) is 0 Å². The minimum Gasteiger partial charge on any atom is -0.504 e. The fraction of sp³-hybridized carbons (Fsp3) is 0.458. The number of para-hydroxylation sites is 1. The van der Waals surface area contributed by atoms with Gasteiger partial charge in [0.15, 0.2) is 0 Å². The van der Waals surface area contributed by atoms with Crippen LogP contribution in [-0.4, -0.2) is 43.2 Å². The van der Waals surface area contributed by atoms with Crippen LogP contribution in [0.4, 0.5) is 0 Å². The zero-order chi connectivity index (χ0) is 19.0. The van der Waals surface area contributed by atoms with E-state index in [-0.39, 0.29) is 80.5 Å².